The minimum Gasteiger partial charge on any atom is -0.352 e. The molecule has 1 unspecified atom stereocenters. The fraction of sp³-hybridized carbons (Fsp3) is 0.562. The van der Waals surface area contributed by atoms with Crippen LogP contribution in [-0.4, -0.2) is 37.5 Å². The molecule has 2 aliphatic rings. The quantitative estimate of drug-likeness (QED) is 0.874. The molecule has 1 saturated heterocycles. The Morgan fingerprint density at radius 1 is 1.40 bits per heavy atom. The number of fused-ring (bicyclic) bond motifs is 1. The fourth-order valence-corrected chi connectivity index (χ4v) is 3.21. The van der Waals surface area contributed by atoms with E-state index in [0.717, 1.165) is 31.7 Å². The van der Waals surface area contributed by atoms with E-state index in [1.54, 1.807) is 0 Å². The Hall–Kier alpha value is -1.39. The highest BCUT2D eigenvalue weighted by molar-refractivity contribution is 5.94. The molecule has 1 atom stereocenters. The Bertz CT molecular complexity index is 500. The second kappa shape index (κ2) is 5.94. The van der Waals surface area contributed by atoms with Crippen LogP contribution in [0, 0.1) is 5.92 Å². The van der Waals surface area contributed by atoms with Gasteiger partial charge in [0.25, 0.3) is 5.91 Å². The molecule has 0 saturated carbocycles. The van der Waals surface area contributed by atoms with E-state index in [0.29, 0.717) is 5.92 Å². The highest BCUT2D eigenvalue weighted by Crippen LogP contribution is 2.17. The molecule has 1 aromatic rings. The van der Waals surface area contributed by atoms with Gasteiger partial charge in [0.15, 0.2) is 0 Å². The van der Waals surface area contributed by atoms with Crippen LogP contribution >= 0.6 is 0 Å². The van der Waals surface area contributed by atoms with Crippen molar-refractivity contribution < 1.29 is 4.79 Å². The van der Waals surface area contributed by atoms with Crippen LogP contribution in [0.1, 0.15) is 34.3 Å². The second-order valence-corrected chi connectivity index (χ2v) is 6.07. The zero-order chi connectivity index (χ0) is 13.9. The zero-order valence-corrected chi connectivity index (χ0v) is 12.1. The van der Waals surface area contributed by atoms with Crippen molar-refractivity contribution in [3.05, 3.63) is 34.9 Å². The summed E-state index contributed by atoms with van der Waals surface area (Å²) in [6.07, 6.45) is 2.46. The van der Waals surface area contributed by atoms with Gasteiger partial charge < -0.3 is 15.5 Å². The number of piperidine rings is 1. The van der Waals surface area contributed by atoms with Crippen molar-refractivity contribution >= 4 is 5.91 Å². The smallest absolute Gasteiger partial charge is 0.251 e. The number of hydrogen-bond acceptors (Lipinski definition) is 3. The third-order valence-electron chi connectivity index (χ3n) is 4.37. The largest absolute Gasteiger partial charge is 0.352 e. The molecule has 1 aromatic carbocycles. The van der Waals surface area contributed by atoms with Crippen molar-refractivity contribution in [3.8, 4) is 0 Å². The average Bonchev–Trinajstić information content (AvgIpc) is 2.92. The van der Waals surface area contributed by atoms with Crippen molar-refractivity contribution in [3.63, 3.8) is 0 Å². The van der Waals surface area contributed by atoms with Crippen LogP contribution in [0.25, 0.3) is 0 Å². The van der Waals surface area contributed by atoms with Crippen molar-refractivity contribution in [1.29, 1.82) is 0 Å². The first-order valence-corrected chi connectivity index (χ1v) is 7.51. The molecule has 3 rings (SSSR count). The Morgan fingerprint density at radius 3 is 3.10 bits per heavy atom. The van der Waals surface area contributed by atoms with Gasteiger partial charge in [0.2, 0.25) is 0 Å². The van der Waals surface area contributed by atoms with Crippen LogP contribution < -0.4 is 10.6 Å². The van der Waals surface area contributed by atoms with Gasteiger partial charge in [-0.15, -0.1) is 0 Å². The number of nitrogens with one attached hydrogen (secondary N) is 2. The highest BCUT2D eigenvalue weighted by atomic mass is 16.1. The molecule has 2 heterocycles. The first-order valence-electron chi connectivity index (χ1n) is 7.51. The van der Waals surface area contributed by atoms with E-state index in [-0.39, 0.29) is 5.91 Å². The summed E-state index contributed by atoms with van der Waals surface area (Å²) < 4.78 is 0. The monoisotopic (exact) mass is 273 g/mol. The van der Waals surface area contributed by atoms with Crippen molar-refractivity contribution in [1.82, 2.24) is 15.5 Å². The number of likely N-dealkylation sites (tertiary alicyclic amines) is 1. The Balaban J connectivity index is 1.56. The predicted octanol–water partition coefficient (Wildman–Crippen LogP) is 1.36. The summed E-state index contributed by atoms with van der Waals surface area (Å²) in [7, 11) is 2.15. The molecular formula is C16H23N3O. The maximum absolute atomic E-state index is 12.2. The Morgan fingerprint density at radius 2 is 2.25 bits per heavy atom. The van der Waals surface area contributed by atoms with Crippen molar-refractivity contribution in [2.24, 2.45) is 5.92 Å². The van der Waals surface area contributed by atoms with E-state index in [2.05, 4.69) is 28.6 Å². The summed E-state index contributed by atoms with van der Waals surface area (Å²) in [5.41, 5.74) is 3.36. The van der Waals surface area contributed by atoms with E-state index >= 15 is 0 Å². The number of amides is 1. The molecule has 0 bridgehead atoms. The van der Waals surface area contributed by atoms with Crippen LogP contribution in [0.2, 0.25) is 0 Å². The molecule has 1 fully saturated rings. The number of rotatable bonds is 3. The van der Waals surface area contributed by atoms with Gasteiger partial charge in [0, 0.05) is 31.7 Å². The van der Waals surface area contributed by atoms with E-state index in [1.807, 2.05) is 12.1 Å². The molecule has 1 amide bonds. The standard InChI is InChI=1S/C16H23N3O/c1-19-6-2-3-12(11-19)8-18-16(20)13-4-5-14-9-17-10-15(14)7-13/h4-5,7,12,17H,2-3,6,8-11H2,1H3,(H,18,20). The molecule has 2 aliphatic heterocycles. The van der Waals surface area contributed by atoms with Gasteiger partial charge >= 0.3 is 0 Å². The average molecular weight is 273 g/mol. The van der Waals surface area contributed by atoms with E-state index in [9.17, 15) is 4.79 Å². The van der Waals surface area contributed by atoms with Crippen LogP contribution in [0.3, 0.4) is 0 Å². The van der Waals surface area contributed by atoms with Gasteiger partial charge in [-0.1, -0.05) is 6.07 Å². The SMILES string of the molecule is CN1CCCC(CNC(=O)c2ccc3c(c2)CNC3)C1. The fourth-order valence-electron chi connectivity index (χ4n) is 3.21. The lowest BCUT2D eigenvalue weighted by Gasteiger charge is -2.29. The lowest BCUT2D eigenvalue weighted by molar-refractivity contribution is 0.0936. The molecule has 4 nitrogen and oxygen atoms in total. The topological polar surface area (TPSA) is 44.4 Å². The number of benzene rings is 1. The summed E-state index contributed by atoms with van der Waals surface area (Å²) >= 11 is 0. The summed E-state index contributed by atoms with van der Waals surface area (Å²) in [6.45, 7) is 4.87. The highest BCUT2D eigenvalue weighted by Gasteiger charge is 2.18. The first kappa shape index (κ1) is 13.6. The van der Waals surface area contributed by atoms with Crippen molar-refractivity contribution in [2.45, 2.75) is 25.9 Å². The molecular weight excluding hydrogens is 250 g/mol. The normalized spacial score (nSPS) is 22.6. The molecule has 0 aromatic heterocycles. The van der Waals surface area contributed by atoms with E-state index in [1.165, 1.54) is 30.5 Å². The number of nitrogens with zero attached hydrogens (tertiary/aromatic N) is 1. The van der Waals surface area contributed by atoms with Crippen LogP contribution in [0.4, 0.5) is 0 Å². The summed E-state index contributed by atoms with van der Waals surface area (Å²) in [5, 5.41) is 6.40. The molecule has 4 heteroatoms. The van der Waals surface area contributed by atoms with E-state index in [4.69, 9.17) is 0 Å². The minimum atomic E-state index is 0.0629. The van der Waals surface area contributed by atoms with Gasteiger partial charge in [0.05, 0.1) is 0 Å². The molecule has 0 radical (unpaired) electrons. The predicted molar refractivity (Wildman–Crippen MR) is 79.5 cm³/mol. The van der Waals surface area contributed by atoms with Gasteiger partial charge in [-0.2, -0.15) is 0 Å². The molecule has 2 N–H and O–H groups in total. The third kappa shape index (κ3) is 3.02. The lowest BCUT2D eigenvalue weighted by Crippen LogP contribution is -2.39. The maximum atomic E-state index is 12.2. The number of carbonyl (C=O) groups excluding carboxylic acids is 1. The van der Waals surface area contributed by atoms with Gasteiger partial charge in [-0.3, -0.25) is 4.79 Å². The summed E-state index contributed by atoms with van der Waals surface area (Å²) in [6, 6.07) is 6.03. The summed E-state index contributed by atoms with van der Waals surface area (Å²) in [4.78, 5) is 14.6. The Labute approximate surface area is 120 Å². The molecule has 108 valence electrons. The number of carbonyl (C=O) groups is 1. The van der Waals surface area contributed by atoms with Gasteiger partial charge in [0.1, 0.15) is 0 Å². The Kier molecular flexibility index (Phi) is 4.03. The third-order valence-corrected chi connectivity index (χ3v) is 4.37. The van der Waals surface area contributed by atoms with Crippen LogP contribution in [0.15, 0.2) is 18.2 Å². The van der Waals surface area contributed by atoms with E-state index < -0.39 is 0 Å². The lowest BCUT2D eigenvalue weighted by atomic mass is 9.98. The second-order valence-electron chi connectivity index (χ2n) is 6.07. The minimum absolute atomic E-state index is 0.0629. The molecule has 0 aliphatic carbocycles. The molecule has 20 heavy (non-hydrogen) atoms. The van der Waals surface area contributed by atoms with Gasteiger partial charge in [-0.05, 0) is 55.6 Å². The van der Waals surface area contributed by atoms with Crippen LogP contribution in [-0.2, 0) is 13.1 Å². The molecule has 0 spiro atoms. The van der Waals surface area contributed by atoms with Crippen LogP contribution in [0.5, 0.6) is 0 Å². The zero-order valence-electron chi connectivity index (χ0n) is 12.1. The number of hydrogen-bond donors (Lipinski definition) is 2. The van der Waals surface area contributed by atoms with Gasteiger partial charge in [-0.25, -0.2) is 0 Å². The summed E-state index contributed by atoms with van der Waals surface area (Å²) in [5.74, 6) is 0.654. The van der Waals surface area contributed by atoms with Crippen molar-refractivity contribution in [2.75, 3.05) is 26.7 Å². The first-order chi connectivity index (χ1) is 9.72. The maximum Gasteiger partial charge on any atom is 0.251 e.